The molecule has 8 N–H and O–H groups in total. The SMILES string of the molecule is CC/C=C\C[C@H](O)/C=C/C=C\C/C=C\C=C\[C@H](O)/C=C\CCCC(=O)O[C@H](COC(=O)CCCCCCCCCCCCCCCCCC(C)C)COP(=O)(O)OP(=O)(O)OC[C@H]1O[C@@H](n2ccc(N)nc2=O)[C@H](O)[C@@H]1O. The van der Waals surface area contributed by atoms with E-state index in [1.165, 1.54) is 76.7 Å². The molecule has 9 atom stereocenters. The summed E-state index contributed by atoms with van der Waals surface area (Å²) in [7, 11) is -11.0. The summed E-state index contributed by atoms with van der Waals surface area (Å²) in [5.41, 5.74) is 4.57. The van der Waals surface area contributed by atoms with Crippen molar-refractivity contribution in [2.24, 2.45) is 5.92 Å². The van der Waals surface area contributed by atoms with Gasteiger partial charge in [-0.05, 0) is 50.5 Å². The molecule has 0 amide bonds. The number of aliphatic hydroxyl groups is 4. The maximum Gasteiger partial charge on any atom is 0.481 e. The van der Waals surface area contributed by atoms with Crippen LogP contribution in [-0.2, 0) is 46.3 Å². The number of nitrogens with two attached hydrogens (primary N) is 1. The summed E-state index contributed by atoms with van der Waals surface area (Å²) in [6.07, 6.45) is 34.8. The second-order valence-electron chi connectivity index (χ2n) is 19.6. The molecule has 1 aliphatic rings. The van der Waals surface area contributed by atoms with E-state index in [1.807, 2.05) is 37.3 Å². The fraction of sp³-hybridized carbons (Fsp3) is 0.673. The molecular weight excluding hydrogens is 1040 g/mol. The number of rotatable bonds is 44. The molecular formula is C55H91N3O17P2. The number of unbranched alkanes of at least 4 members (excludes halogenated alkanes) is 15. The maximum absolute atomic E-state index is 12.9. The Morgan fingerprint density at radius 3 is 1.94 bits per heavy atom. The van der Waals surface area contributed by atoms with Gasteiger partial charge in [0, 0.05) is 19.0 Å². The van der Waals surface area contributed by atoms with E-state index in [4.69, 9.17) is 29.0 Å². The Bertz CT molecular complexity index is 2130. The van der Waals surface area contributed by atoms with Crippen LogP contribution in [0.3, 0.4) is 0 Å². The van der Waals surface area contributed by atoms with Gasteiger partial charge in [-0.15, -0.1) is 0 Å². The summed E-state index contributed by atoms with van der Waals surface area (Å²) in [5.74, 6) is -0.699. The van der Waals surface area contributed by atoms with Crippen molar-refractivity contribution in [1.29, 1.82) is 0 Å². The summed E-state index contributed by atoms with van der Waals surface area (Å²) in [6.45, 7) is 4.12. The van der Waals surface area contributed by atoms with Gasteiger partial charge >= 0.3 is 33.3 Å². The molecule has 0 aliphatic carbocycles. The predicted octanol–water partition coefficient (Wildman–Crippen LogP) is 9.86. The molecule has 438 valence electrons. The molecule has 2 rings (SSSR count). The van der Waals surface area contributed by atoms with E-state index in [1.54, 1.807) is 42.5 Å². The van der Waals surface area contributed by atoms with Crippen LogP contribution in [0.25, 0.3) is 0 Å². The Morgan fingerprint density at radius 1 is 0.740 bits per heavy atom. The van der Waals surface area contributed by atoms with E-state index in [9.17, 15) is 53.7 Å². The second-order valence-corrected chi connectivity index (χ2v) is 22.6. The average molecular weight is 1130 g/mol. The normalized spacial score (nSPS) is 20.1. The Labute approximate surface area is 456 Å². The van der Waals surface area contributed by atoms with Gasteiger partial charge in [0.05, 0.1) is 25.4 Å². The van der Waals surface area contributed by atoms with Crippen LogP contribution in [0, 0.1) is 5.92 Å². The summed E-state index contributed by atoms with van der Waals surface area (Å²) in [4.78, 5) is 62.1. The van der Waals surface area contributed by atoms with Gasteiger partial charge < -0.3 is 50.2 Å². The number of nitrogens with zero attached hydrogens (tertiary/aromatic N) is 2. The highest BCUT2D eigenvalue weighted by atomic mass is 31.3. The number of esters is 2. The van der Waals surface area contributed by atoms with Gasteiger partial charge in [-0.3, -0.25) is 23.2 Å². The largest absolute Gasteiger partial charge is 0.481 e. The first-order chi connectivity index (χ1) is 36.8. The number of anilines is 1. The van der Waals surface area contributed by atoms with Crippen molar-refractivity contribution < 1.29 is 76.5 Å². The number of carbonyl (C=O) groups is 2. The molecule has 1 aliphatic heterocycles. The molecule has 22 heteroatoms. The fourth-order valence-electron chi connectivity index (χ4n) is 7.89. The number of ether oxygens (including phenoxy) is 3. The molecule has 2 unspecified atom stereocenters. The minimum absolute atomic E-state index is 0.0831. The summed E-state index contributed by atoms with van der Waals surface area (Å²) in [6, 6.07) is 1.23. The van der Waals surface area contributed by atoms with Crippen LogP contribution in [0.4, 0.5) is 5.82 Å². The molecule has 1 fully saturated rings. The molecule has 0 spiro atoms. The maximum atomic E-state index is 12.9. The molecule has 1 aromatic rings. The number of aliphatic hydroxyl groups excluding tert-OH is 4. The van der Waals surface area contributed by atoms with Crippen LogP contribution >= 0.6 is 15.6 Å². The van der Waals surface area contributed by atoms with Crippen molar-refractivity contribution >= 4 is 33.4 Å². The van der Waals surface area contributed by atoms with Crippen molar-refractivity contribution in [3.8, 4) is 0 Å². The van der Waals surface area contributed by atoms with Crippen molar-refractivity contribution in [1.82, 2.24) is 9.55 Å². The molecule has 0 radical (unpaired) electrons. The minimum Gasteiger partial charge on any atom is -0.462 e. The Kier molecular flexibility index (Phi) is 37.0. The monoisotopic (exact) mass is 1130 g/mol. The standard InChI is InChI=1S/C55H91N3O17P2/c1-4-5-25-33-45(59)34-27-21-17-15-18-22-28-35-46(60)36-29-24-31-38-51(62)73-47(41-70-50(61)37-30-23-19-14-12-10-8-6-7-9-11-13-16-20-26-32-44(2)3)42-71-76(66,67)75-77(68,69)72-43-48-52(63)53(64)54(74-48)58-40-39-49(56)57-55(58)65/h5,17-18,21-22,25,27-29,34-36,39-40,44-48,52-54,59-60,63-64H,4,6-16,19-20,23-24,26,30-33,37-38,41-43H2,1-3H3,(H,66,67)(H,68,69)(H2,56,57,65)/b21-17-,22-18-,25-5-,34-27+,35-28+,36-29-/t45-,46-,47+,48+,52+,53+,54+/m0/s1. The third-order valence-electron chi connectivity index (χ3n) is 12.2. The summed E-state index contributed by atoms with van der Waals surface area (Å²) < 4.78 is 56.7. The van der Waals surface area contributed by atoms with Gasteiger partial charge in [0.2, 0.25) is 0 Å². The van der Waals surface area contributed by atoms with Crippen molar-refractivity contribution in [3.63, 3.8) is 0 Å². The van der Waals surface area contributed by atoms with Gasteiger partial charge in [-0.1, -0.05) is 190 Å². The highest BCUT2D eigenvalue weighted by molar-refractivity contribution is 7.61. The summed E-state index contributed by atoms with van der Waals surface area (Å²) >= 11 is 0. The number of phosphoric acid groups is 2. The minimum atomic E-state index is -5.48. The van der Waals surface area contributed by atoms with Crippen molar-refractivity contribution in [2.45, 2.75) is 211 Å². The molecule has 77 heavy (non-hydrogen) atoms. The van der Waals surface area contributed by atoms with Crippen LogP contribution < -0.4 is 11.4 Å². The number of hydrogen-bond donors (Lipinski definition) is 7. The lowest BCUT2D eigenvalue weighted by Gasteiger charge is -2.21. The van der Waals surface area contributed by atoms with E-state index in [2.05, 4.69) is 23.1 Å². The zero-order valence-corrected chi connectivity index (χ0v) is 47.4. The number of phosphoric ester groups is 2. The van der Waals surface area contributed by atoms with E-state index in [0.717, 1.165) is 48.8 Å². The van der Waals surface area contributed by atoms with E-state index < -0.39 is 95.9 Å². The summed E-state index contributed by atoms with van der Waals surface area (Å²) in [5, 5.41) is 41.1. The molecule has 0 aromatic carbocycles. The zero-order chi connectivity index (χ0) is 56.7. The first-order valence-electron chi connectivity index (χ1n) is 27.5. The van der Waals surface area contributed by atoms with E-state index in [-0.39, 0.29) is 25.1 Å². The van der Waals surface area contributed by atoms with E-state index in [0.29, 0.717) is 25.7 Å². The van der Waals surface area contributed by atoms with Crippen LogP contribution in [0.15, 0.2) is 90.0 Å². The first-order valence-corrected chi connectivity index (χ1v) is 30.5. The second kappa shape index (κ2) is 41.2. The number of allylic oxidation sites excluding steroid dienone is 8. The van der Waals surface area contributed by atoms with Crippen LogP contribution in [0.1, 0.15) is 175 Å². The molecule has 0 saturated carbocycles. The Hall–Kier alpha value is -3.88. The van der Waals surface area contributed by atoms with Crippen LogP contribution in [-0.4, -0.2) is 108 Å². The molecule has 2 heterocycles. The number of carbonyl (C=O) groups excluding carboxylic acids is 2. The molecule has 20 nitrogen and oxygen atoms in total. The Balaban J connectivity index is 1.84. The number of hydrogen-bond acceptors (Lipinski definition) is 17. The number of nitrogen functional groups attached to an aromatic ring is 1. The van der Waals surface area contributed by atoms with Crippen molar-refractivity contribution in [3.05, 3.63) is 95.7 Å². The predicted molar refractivity (Wildman–Crippen MR) is 296 cm³/mol. The lowest BCUT2D eigenvalue weighted by molar-refractivity contribution is -0.161. The lowest BCUT2D eigenvalue weighted by Crippen LogP contribution is -2.36. The lowest BCUT2D eigenvalue weighted by atomic mass is 10.0. The van der Waals surface area contributed by atoms with Gasteiger partial charge in [-0.25, -0.2) is 13.9 Å². The Morgan fingerprint density at radius 2 is 1.32 bits per heavy atom. The van der Waals surface area contributed by atoms with Crippen LogP contribution in [0.5, 0.6) is 0 Å². The number of aromatic nitrogens is 2. The molecule has 0 bridgehead atoms. The van der Waals surface area contributed by atoms with Crippen LogP contribution in [0.2, 0.25) is 0 Å². The van der Waals surface area contributed by atoms with Gasteiger partial charge in [0.25, 0.3) is 0 Å². The topological polar surface area (TPSA) is 306 Å². The third kappa shape index (κ3) is 34.7. The van der Waals surface area contributed by atoms with Gasteiger partial charge in [0.15, 0.2) is 12.3 Å². The zero-order valence-electron chi connectivity index (χ0n) is 45.6. The van der Waals surface area contributed by atoms with E-state index >= 15 is 0 Å². The van der Waals surface area contributed by atoms with Crippen molar-refractivity contribution in [2.75, 3.05) is 25.6 Å². The molecule has 1 saturated heterocycles. The highest BCUT2D eigenvalue weighted by Gasteiger charge is 2.46. The average Bonchev–Trinajstić information content (AvgIpc) is 3.65. The quantitative estimate of drug-likeness (QED) is 0.0105. The first kappa shape index (κ1) is 69.2. The smallest absolute Gasteiger partial charge is 0.462 e. The fourth-order valence-corrected chi connectivity index (χ4v) is 10.00. The molecule has 1 aromatic heterocycles. The highest BCUT2D eigenvalue weighted by Crippen LogP contribution is 2.60. The van der Waals surface area contributed by atoms with Gasteiger partial charge in [0.1, 0.15) is 30.7 Å². The third-order valence-corrected chi connectivity index (χ3v) is 14.8. The van der Waals surface area contributed by atoms with Gasteiger partial charge in [-0.2, -0.15) is 9.29 Å².